The molecule has 188 valence electrons. The maximum absolute atomic E-state index is 15.0. The summed E-state index contributed by atoms with van der Waals surface area (Å²) in [6.45, 7) is 12.3. The first-order chi connectivity index (χ1) is 16.5. The van der Waals surface area contributed by atoms with Gasteiger partial charge in [0, 0.05) is 23.9 Å². The fraction of sp³-hybridized carbons (Fsp3) is 0.481. The number of aromatic nitrogens is 3. The fourth-order valence-corrected chi connectivity index (χ4v) is 5.00. The summed E-state index contributed by atoms with van der Waals surface area (Å²) in [5.41, 5.74) is 2.58. The molecule has 0 radical (unpaired) electrons. The van der Waals surface area contributed by atoms with E-state index in [2.05, 4.69) is 41.1 Å². The van der Waals surface area contributed by atoms with Crippen molar-refractivity contribution in [3.63, 3.8) is 0 Å². The number of hydrogen-bond acceptors (Lipinski definition) is 4. The Labute approximate surface area is 211 Å². The number of aryl methyl sites for hydroxylation is 2. The van der Waals surface area contributed by atoms with Crippen molar-refractivity contribution in [3.8, 4) is 0 Å². The minimum Gasteiger partial charge on any atom is -0.323 e. The number of rotatable bonds is 6. The fourth-order valence-electron chi connectivity index (χ4n) is 4.80. The zero-order valence-corrected chi connectivity index (χ0v) is 21.9. The molecule has 1 saturated heterocycles. The molecule has 1 fully saturated rings. The van der Waals surface area contributed by atoms with Crippen LogP contribution in [0.5, 0.6) is 0 Å². The van der Waals surface area contributed by atoms with E-state index in [1.165, 1.54) is 0 Å². The highest BCUT2D eigenvalue weighted by molar-refractivity contribution is 6.30. The summed E-state index contributed by atoms with van der Waals surface area (Å²) in [6, 6.07) is 8.83. The molecular weight excluding hydrogens is 468 g/mol. The first-order valence-corrected chi connectivity index (χ1v) is 12.5. The van der Waals surface area contributed by atoms with Crippen LogP contribution < -0.4 is 5.32 Å². The average Bonchev–Trinajstić information content (AvgIpc) is 3.16. The van der Waals surface area contributed by atoms with Crippen molar-refractivity contribution < 1.29 is 8.78 Å². The maximum atomic E-state index is 15.0. The van der Waals surface area contributed by atoms with E-state index in [1.54, 1.807) is 31.2 Å². The normalized spacial score (nSPS) is 15.5. The van der Waals surface area contributed by atoms with Crippen molar-refractivity contribution in [2.75, 3.05) is 18.4 Å². The van der Waals surface area contributed by atoms with Gasteiger partial charge >= 0.3 is 0 Å². The summed E-state index contributed by atoms with van der Waals surface area (Å²) in [5.74, 6) is 1.05. The lowest BCUT2D eigenvalue weighted by molar-refractivity contribution is 0.174. The molecule has 0 unspecified atom stereocenters. The molecule has 4 rings (SSSR count). The number of benzene rings is 1. The van der Waals surface area contributed by atoms with Gasteiger partial charge in [-0.2, -0.15) is 5.10 Å². The third-order valence-corrected chi connectivity index (χ3v) is 6.89. The number of anilines is 2. The summed E-state index contributed by atoms with van der Waals surface area (Å²) in [7, 11) is 0. The Kier molecular flexibility index (Phi) is 7.48. The number of nitrogens with zero attached hydrogens (tertiary/aromatic N) is 4. The van der Waals surface area contributed by atoms with E-state index in [9.17, 15) is 8.78 Å². The Bertz CT molecular complexity index is 1190. The van der Waals surface area contributed by atoms with Gasteiger partial charge in [-0.05, 0) is 90.6 Å². The number of halogens is 3. The summed E-state index contributed by atoms with van der Waals surface area (Å²) < 4.78 is 31.2. The van der Waals surface area contributed by atoms with Crippen molar-refractivity contribution in [3.05, 3.63) is 69.5 Å². The third-order valence-electron chi connectivity index (χ3n) is 6.60. The van der Waals surface area contributed by atoms with Gasteiger partial charge in [0.15, 0.2) is 5.82 Å². The van der Waals surface area contributed by atoms with Gasteiger partial charge in [-0.3, -0.25) is 9.58 Å². The molecule has 0 atom stereocenters. The molecule has 1 aromatic carbocycles. The molecule has 0 spiro atoms. The Morgan fingerprint density at radius 2 is 1.77 bits per heavy atom. The molecule has 1 aliphatic heterocycles. The molecule has 1 N–H and O–H groups in total. The maximum Gasteiger partial charge on any atom is 0.153 e. The molecule has 3 heterocycles. The Hall–Kier alpha value is -2.51. The van der Waals surface area contributed by atoms with E-state index in [1.807, 2.05) is 17.7 Å². The zero-order chi connectivity index (χ0) is 25.3. The molecule has 0 amide bonds. The summed E-state index contributed by atoms with van der Waals surface area (Å²) in [4.78, 5) is 6.85. The minimum atomic E-state index is -0.343. The minimum absolute atomic E-state index is 0.130. The second kappa shape index (κ2) is 10.2. The SMILES string of the molecule is Cc1cc(Nc2cc(C)n(C(C)(C)C)n2)nc(CC2CCN(Cc3cccc(Cl)c3F)CC2)c1F. The molecular formula is C27H34ClF2N5. The van der Waals surface area contributed by atoms with Crippen molar-refractivity contribution in [2.45, 2.75) is 66.0 Å². The van der Waals surface area contributed by atoms with Crippen LogP contribution in [0.25, 0.3) is 0 Å². The van der Waals surface area contributed by atoms with Gasteiger partial charge in [-0.1, -0.05) is 23.7 Å². The van der Waals surface area contributed by atoms with Crippen LogP contribution in [0.3, 0.4) is 0 Å². The first kappa shape index (κ1) is 25.6. The van der Waals surface area contributed by atoms with E-state index in [-0.39, 0.29) is 22.2 Å². The van der Waals surface area contributed by atoms with Crippen LogP contribution in [0.15, 0.2) is 30.3 Å². The van der Waals surface area contributed by atoms with Crippen LogP contribution in [-0.2, 0) is 18.5 Å². The summed E-state index contributed by atoms with van der Waals surface area (Å²) in [6.07, 6.45) is 2.40. The highest BCUT2D eigenvalue weighted by Crippen LogP contribution is 2.28. The van der Waals surface area contributed by atoms with Gasteiger partial charge in [0.2, 0.25) is 0 Å². The van der Waals surface area contributed by atoms with Crippen LogP contribution >= 0.6 is 11.6 Å². The highest BCUT2D eigenvalue weighted by Gasteiger charge is 2.23. The molecule has 5 nitrogen and oxygen atoms in total. The monoisotopic (exact) mass is 501 g/mol. The highest BCUT2D eigenvalue weighted by atomic mass is 35.5. The molecule has 1 aliphatic rings. The van der Waals surface area contributed by atoms with E-state index in [0.717, 1.165) is 31.6 Å². The van der Waals surface area contributed by atoms with Crippen LogP contribution in [0.2, 0.25) is 5.02 Å². The molecule has 0 saturated carbocycles. The molecule has 0 aliphatic carbocycles. The molecule has 35 heavy (non-hydrogen) atoms. The average molecular weight is 502 g/mol. The second-order valence-corrected chi connectivity index (χ2v) is 11.0. The number of piperidine rings is 1. The predicted octanol–water partition coefficient (Wildman–Crippen LogP) is 6.78. The zero-order valence-electron chi connectivity index (χ0n) is 21.1. The number of likely N-dealkylation sites (tertiary alicyclic amines) is 1. The van der Waals surface area contributed by atoms with Crippen molar-refractivity contribution in [2.24, 2.45) is 5.92 Å². The van der Waals surface area contributed by atoms with Gasteiger partial charge in [0.25, 0.3) is 0 Å². The van der Waals surface area contributed by atoms with Crippen LogP contribution in [-0.4, -0.2) is 32.8 Å². The van der Waals surface area contributed by atoms with Crippen LogP contribution in [0.4, 0.5) is 20.4 Å². The molecule has 8 heteroatoms. The summed E-state index contributed by atoms with van der Waals surface area (Å²) >= 11 is 5.92. The van der Waals surface area contributed by atoms with Crippen molar-refractivity contribution >= 4 is 23.2 Å². The van der Waals surface area contributed by atoms with Crippen LogP contribution in [0.1, 0.15) is 56.1 Å². The van der Waals surface area contributed by atoms with Gasteiger partial charge in [0.1, 0.15) is 17.5 Å². The first-order valence-electron chi connectivity index (χ1n) is 12.2. The molecule has 0 bridgehead atoms. The standard InChI is InChI=1S/C27H34ClF2N5/c1-17-13-23(32-24-14-18(2)35(33-24)27(3,4)5)31-22(25(17)29)15-19-9-11-34(12-10-19)16-20-7-6-8-21(28)26(20)30/h6-8,13-14,19H,9-12,15-16H2,1-5H3,(H,31,32,33). The lowest BCUT2D eigenvalue weighted by atomic mass is 9.91. The van der Waals surface area contributed by atoms with Gasteiger partial charge in [-0.15, -0.1) is 0 Å². The summed E-state index contributed by atoms with van der Waals surface area (Å²) in [5, 5.41) is 8.08. The largest absolute Gasteiger partial charge is 0.323 e. The Balaban J connectivity index is 1.41. The molecule has 2 aromatic heterocycles. The second-order valence-electron chi connectivity index (χ2n) is 10.6. The van der Waals surface area contributed by atoms with E-state index < -0.39 is 0 Å². The van der Waals surface area contributed by atoms with Crippen molar-refractivity contribution in [1.29, 1.82) is 0 Å². The van der Waals surface area contributed by atoms with E-state index in [4.69, 9.17) is 11.6 Å². The van der Waals surface area contributed by atoms with Crippen molar-refractivity contribution in [1.82, 2.24) is 19.7 Å². The van der Waals surface area contributed by atoms with Crippen LogP contribution in [0, 0.1) is 31.4 Å². The van der Waals surface area contributed by atoms with E-state index in [0.29, 0.717) is 47.3 Å². The smallest absolute Gasteiger partial charge is 0.153 e. The Morgan fingerprint density at radius 3 is 2.43 bits per heavy atom. The lowest BCUT2D eigenvalue weighted by Gasteiger charge is -2.32. The lowest BCUT2D eigenvalue weighted by Crippen LogP contribution is -2.34. The van der Waals surface area contributed by atoms with Gasteiger partial charge < -0.3 is 5.32 Å². The quantitative estimate of drug-likeness (QED) is 0.404. The Morgan fingerprint density at radius 1 is 1.06 bits per heavy atom. The number of nitrogens with one attached hydrogen (secondary N) is 1. The number of pyridine rings is 1. The van der Waals surface area contributed by atoms with E-state index >= 15 is 0 Å². The third kappa shape index (κ3) is 6.01. The topological polar surface area (TPSA) is 46.0 Å². The predicted molar refractivity (Wildman–Crippen MR) is 137 cm³/mol. The molecule has 3 aromatic rings. The number of hydrogen-bond donors (Lipinski definition) is 1. The van der Waals surface area contributed by atoms with Gasteiger partial charge in [-0.25, -0.2) is 13.8 Å². The van der Waals surface area contributed by atoms with Gasteiger partial charge in [0.05, 0.1) is 16.3 Å².